The number of rotatable bonds is 4. The third-order valence-electron chi connectivity index (χ3n) is 5.71. The molecule has 2 aliphatic rings. The number of piperazine rings is 1. The second kappa shape index (κ2) is 10.0. The van der Waals surface area contributed by atoms with E-state index >= 15 is 0 Å². The Hall–Kier alpha value is -1.95. The number of nitrogens with one attached hydrogen (secondary N) is 1. The molecule has 3 heterocycles. The molecule has 2 fully saturated rings. The van der Waals surface area contributed by atoms with Crippen molar-refractivity contribution in [3.05, 3.63) is 24.2 Å². The molecule has 1 saturated heterocycles. The summed E-state index contributed by atoms with van der Waals surface area (Å²) in [6.45, 7) is 13.2. The van der Waals surface area contributed by atoms with Gasteiger partial charge in [-0.1, -0.05) is 34.1 Å². The molecule has 28 heavy (non-hydrogen) atoms. The van der Waals surface area contributed by atoms with Crippen LogP contribution in [0.2, 0.25) is 0 Å². The molecule has 0 radical (unpaired) electrons. The fraction of sp³-hybridized carbons (Fsp3) is 0.682. The number of aryl methyl sites for hydroxylation is 1. The van der Waals surface area contributed by atoms with E-state index in [0.717, 1.165) is 43.0 Å². The minimum Gasteiger partial charge on any atom is -0.368 e. The Morgan fingerprint density at radius 1 is 1.07 bits per heavy atom. The highest BCUT2D eigenvalue weighted by molar-refractivity contribution is 5.54. The predicted molar refractivity (Wildman–Crippen MR) is 116 cm³/mol. The van der Waals surface area contributed by atoms with Crippen molar-refractivity contribution < 1.29 is 0 Å². The average molecular weight is 385 g/mol. The molecule has 0 aromatic carbocycles. The van der Waals surface area contributed by atoms with Gasteiger partial charge < -0.3 is 4.90 Å². The monoisotopic (exact) mass is 384 g/mol. The summed E-state index contributed by atoms with van der Waals surface area (Å²) in [7, 11) is 0. The predicted octanol–water partition coefficient (Wildman–Crippen LogP) is 4.16. The molecule has 2 atom stereocenters. The summed E-state index contributed by atoms with van der Waals surface area (Å²) in [5, 5.41) is 7.19. The van der Waals surface area contributed by atoms with E-state index in [9.17, 15) is 0 Å². The largest absolute Gasteiger partial charge is 0.368 e. The van der Waals surface area contributed by atoms with E-state index in [-0.39, 0.29) is 0 Å². The van der Waals surface area contributed by atoms with Gasteiger partial charge in [0, 0.05) is 38.6 Å². The molecule has 1 aliphatic carbocycles. The van der Waals surface area contributed by atoms with Gasteiger partial charge in [-0.2, -0.15) is 5.10 Å². The van der Waals surface area contributed by atoms with Crippen molar-refractivity contribution in [3.63, 3.8) is 0 Å². The van der Waals surface area contributed by atoms with Crippen molar-refractivity contribution in [2.45, 2.75) is 65.8 Å². The number of pyridine rings is 1. The average Bonchev–Trinajstić information content (AvgIpc) is 3.38. The molecule has 2 aromatic heterocycles. The van der Waals surface area contributed by atoms with E-state index in [4.69, 9.17) is 0 Å². The van der Waals surface area contributed by atoms with Crippen molar-refractivity contribution in [2.75, 3.05) is 31.1 Å². The second-order valence-corrected chi connectivity index (χ2v) is 8.16. The van der Waals surface area contributed by atoms with E-state index in [1.54, 1.807) is 0 Å². The number of H-pyrrole nitrogens is 1. The summed E-state index contributed by atoms with van der Waals surface area (Å²) in [6, 6.07) is 5.00. The van der Waals surface area contributed by atoms with Gasteiger partial charge in [-0.05, 0) is 37.3 Å². The van der Waals surface area contributed by atoms with Crippen LogP contribution in [0.25, 0.3) is 11.5 Å². The number of hydrogen-bond donors (Lipinski definition) is 1. The highest BCUT2D eigenvalue weighted by atomic mass is 15.3. The van der Waals surface area contributed by atoms with E-state index in [1.807, 2.05) is 12.3 Å². The summed E-state index contributed by atoms with van der Waals surface area (Å²) in [5.41, 5.74) is 2.03. The Bertz CT molecular complexity index is 702. The first-order chi connectivity index (χ1) is 13.6. The molecule has 1 N–H and O–H groups in total. The number of hydrogen-bond acceptors (Lipinski definition) is 5. The Morgan fingerprint density at radius 2 is 1.82 bits per heavy atom. The van der Waals surface area contributed by atoms with Gasteiger partial charge in [-0.25, -0.2) is 4.98 Å². The molecule has 0 spiro atoms. The van der Waals surface area contributed by atoms with Gasteiger partial charge in [0.15, 0.2) is 5.82 Å². The summed E-state index contributed by atoms with van der Waals surface area (Å²) in [6.07, 6.45) is 8.23. The van der Waals surface area contributed by atoms with Crippen molar-refractivity contribution in [1.82, 2.24) is 25.1 Å². The lowest BCUT2D eigenvalue weighted by atomic mass is 10.1. The minimum absolute atomic E-state index is 0.684. The van der Waals surface area contributed by atoms with Crippen molar-refractivity contribution in [1.29, 1.82) is 0 Å². The molecule has 6 heteroatoms. The standard InChI is InChI=1S/C19H28N6.C3H8/c1-3-18-21-19(23-22-18)17-7-6-16(13-20-17)25-10-8-24(9-11-25)15-5-4-14(2)12-15;1-3-2/h6-7,13-15H,3-5,8-12H2,1-2H3,(H,21,22,23);3H2,1-2H3. The molecule has 154 valence electrons. The second-order valence-electron chi connectivity index (χ2n) is 8.16. The van der Waals surface area contributed by atoms with Gasteiger partial charge in [0.1, 0.15) is 11.5 Å². The lowest BCUT2D eigenvalue weighted by Crippen LogP contribution is -2.49. The smallest absolute Gasteiger partial charge is 0.199 e. The maximum Gasteiger partial charge on any atom is 0.199 e. The summed E-state index contributed by atoms with van der Waals surface area (Å²) < 4.78 is 0. The van der Waals surface area contributed by atoms with Crippen LogP contribution < -0.4 is 4.90 Å². The van der Waals surface area contributed by atoms with Crippen molar-refractivity contribution in [2.24, 2.45) is 5.92 Å². The maximum absolute atomic E-state index is 4.58. The van der Waals surface area contributed by atoms with Gasteiger partial charge in [0.25, 0.3) is 0 Å². The zero-order valence-corrected chi connectivity index (χ0v) is 18.0. The molecule has 6 nitrogen and oxygen atoms in total. The summed E-state index contributed by atoms with van der Waals surface area (Å²) in [4.78, 5) is 14.2. The van der Waals surface area contributed by atoms with Crippen LogP contribution >= 0.6 is 0 Å². The van der Waals surface area contributed by atoms with E-state index in [0.29, 0.717) is 5.82 Å². The Balaban J connectivity index is 0.000000706. The van der Waals surface area contributed by atoms with Crippen LogP contribution in [-0.2, 0) is 6.42 Å². The van der Waals surface area contributed by atoms with Gasteiger partial charge >= 0.3 is 0 Å². The Morgan fingerprint density at radius 3 is 2.36 bits per heavy atom. The van der Waals surface area contributed by atoms with Crippen LogP contribution in [0, 0.1) is 5.92 Å². The normalized spacial score (nSPS) is 22.8. The number of nitrogens with zero attached hydrogens (tertiary/aromatic N) is 5. The first-order valence-electron chi connectivity index (χ1n) is 11.0. The van der Waals surface area contributed by atoms with E-state index < -0.39 is 0 Å². The van der Waals surface area contributed by atoms with E-state index in [2.05, 4.69) is 63.7 Å². The fourth-order valence-electron chi connectivity index (χ4n) is 4.13. The van der Waals surface area contributed by atoms with Gasteiger partial charge in [0.05, 0.1) is 11.9 Å². The van der Waals surface area contributed by atoms with Crippen LogP contribution in [0.3, 0.4) is 0 Å². The molecular weight excluding hydrogens is 348 g/mol. The molecule has 0 bridgehead atoms. The molecular formula is C22H36N6. The highest BCUT2D eigenvalue weighted by Gasteiger charge is 2.29. The van der Waals surface area contributed by atoms with Gasteiger partial charge in [-0.15, -0.1) is 0 Å². The first-order valence-corrected chi connectivity index (χ1v) is 11.0. The summed E-state index contributed by atoms with van der Waals surface area (Å²) >= 11 is 0. The number of aromatic amines is 1. The third kappa shape index (κ3) is 5.10. The van der Waals surface area contributed by atoms with Crippen molar-refractivity contribution >= 4 is 5.69 Å². The molecule has 0 amide bonds. The molecule has 2 aromatic rings. The van der Waals surface area contributed by atoms with Crippen LogP contribution in [0.15, 0.2) is 18.3 Å². The topological polar surface area (TPSA) is 60.9 Å². The SMILES string of the molecule is CCC.CCc1nc(-c2ccc(N3CCN(C4CCC(C)C4)CC3)cn2)n[nH]1. The van der Waals surface area contributed by atoms with Crippen LogP contribution in [-0.4, -0.2) is 57.3 Å². The van der Waals surface area contributed by atoms with Crippen molar-refractivity contribution in [3.8, 4) is 11.5 Å². The van der Waals surface area contributed by atoms with E-state index in [1.165, 1.54) is 44.5 Å². The lowest BCUT2D eigenvalue weighted by molar-refractivity contribution is 0.184. The fourth-order valence-corrected chi connectivity index (χ4v) is 4.13. The highest BCUT2D eigenvalue weighted by Crippen LogP contribution is 2.30. The summed E-state index contributed by atoms with van der Waals surface area (Å²) in [5.74, 6) is 2.49. The minimum atomic E-state index is 0.684. The zero-order valence-electron chi connectivity index (χ0n) is 18.0. The van der Waals surface area contributed by atoms with Gasteiger partial charge in [-0.3, -0.25) is 15.0 Å². The molecule has 1 aliphatic heterocycles. The van der Waals surface area contributed by atoms with Gasteiger partial charge in [0.2, 0.25) is 0 Å². The van der Waals surface area contributed by atoms with Crippen LogP contribution in [0.1, 0.15) is 59.2 Å². The Kier molecular flexibility index (Phi) is 7.43. The zero-order chi connectivity index (χ0) is 19.9. The lowest BCUT2D eigenvalue weighted by Gasteiger charge is -2.39. The maximum atomic E-state index is 4.58. The first kappa shape index (κ1) is 20.8. The quantitative estimate of drug-likeness (QED) is 0.858. The van der Waals surface area contributed by atoms with Crippen LogP contribution in [0.5, 0.6) is 0 Å². The molecule has 1 saturated carbocycles. The Labute approximate surface area is 169 Å². The number of aromatic nitrogens is 4. The molecule has 4 rings (SSSR count). The van der Waals surface area contributed by atoms with Crippen LogP contribution in [0.4, 0.5) is 5.69 Å². The third-order valence-corrected chi connectivity index (χ3v) is 5.71. The number of anilines is 1. The molecule has 2 unspecified atom stereocenters.